The van der Waals surface area contributed by atoms with Crippen LogP contribution in [0.25, 0.3) is 0 Å². The van der Waals surface area contributed by atoms with Gasteiger partial charge in [-0.3, -0.25) is 19.2 Å². The van der Waals surface area contributed by atoms with Crippen molar-refractivity contribution in [2.45, 2.75) is 9.79 Å². The van der Waals surface area contributed by atoms with Gasteiger partial charge < -0.3 is 5.11 Å². The quantitative estimate of drug-likeness (QED) is 0.141. The van der Waals surface area contributed by atoms with Gasteiger partial charge in [0.1, 0.15) is 4.90 Å². The van der Waals surface area contributed by atoms with Crippen LogP contribution in [0.15, 0.2) is 70.5 Å². The van der Waals surface area contributed by atoms with Crippen molar-refractivity contribution in [3.8, 4) is 0 Å². The summed E-state index contributed by atoms with van der Waals surface area (Å²) in [5.41, 5.74) is -0.568. The fourth-order valence-electron chi connectivity index (χ4n) is 3.78. The average Bonchev–Trinajstić information content (AvgIpc) is 2.80. The van der Waals surface area contributed by atoms with Gasteiger partial charge in [0, 0.05) is 16.7 Å². The summed E-state index contributed by atoms with van der Waals surface area (Å²) in [5.74, 6) is 4.51. The Balaban J connectivity index is 0.00000342. The summed E-state index contributed by atoms with van der Waals surface area (Å²) in [7, 11) is -8.64. The van der Waals surface area contributed by atoms with Gasteiger partial charge in [-0.05, 0) is 36.4 Å². The van der Waals surface area contributed by atoms with E-state index in [0.29, 0.717) is 0 Å². The zero-order valence-corrected chi connectivity index (χ0v) is 19.0. The van der Waals surface area contributed by atoms with E-state index in [1.165, 1.54) is 36.4 Å². The van der Waals surface area contributed by atoms with Gasteiger partial charge in [0.05, 0.1) is 34.2 Å². The predicted molar refractivity (Wildman–Crippen MR) is 129 cm³/mol. The Hall–Kier alpha value is -2.42. The first-order valence-electron chi connectivity index (χ1n) is 9.79. The number of rotatable bonds is 6. The number of hydrogen-bond acceptors (Lipinski definition) is 9. The number of nitrogens with zero attached hydrogens (tertiary/aromatic N) is 1. The summed E-state index contributed by atoms with van der Waals surface area (Å²) in [6.45, 7) is -0.571. The number of ketones is 2. The second-order valence-corrected chi connectivity index (χ2v) is 10.9. The monoisotopic (exact) mass is 526 g/mol. The van der Waals surface area contributed by atoms with Gasteiger partial charge in [0.2, 0.25) is 0 Å². The first-order chi connectivity index (χ1) is 16.0. The van der Waals surface area contributed by atoms with E-state index >= 15 is 0 Å². The van der Waals surface area contributed by atoms with Crippen LogP contribution < -0.4 is 10.9 Å². The molecule has 35 heavy (non-hydrogen) atoms. The van der Waals surface area contributed by atoms with Crippen molar-refractivity contribution in [1.29, 1.82) is 0 Å². The Labute approximate surface area is 223 Å². The van der Waals surface area contributed by atoms with Gasteiger partial charge in [-0.1, -0.05) is 24.3 Å². The molecule has 3 aromatic carbocycles. The minimum absolute atomic E-state index is 0. The summed E-state index contributed by atoms with van der Waals surface area (Å²) in [4.78, 5) is 25.6. The number of aliphatic hydroxyl groups excluding tert-OH is 1. The number of benzene rings is 3. The van der Waals surface area contributed by atoms with Crippen LogP contribution in [0.4, 0.5) is 11.4 Å². The number of nitrogens with two attached hydrogens (primary N) is 1. The number of aliphatic hydroxyl groups is 1. The molecule has 0 radical (unpaired) electrons. The third-order valence-electron chi connectivity index (χ3n) is 5.38. The zero-order chi connectivity index (χ0) is 24.8. The summed E-state index contributed by atoms with van der Waals surface area (Å²) in [5, 5.41) is 9.74. The van der Waals surface area contributed by atoms with E-state index in [2.05, 4.69) is 0 Å². The molecule has 178 valence electrons. The van der Waals surface area contributed by atoms with E-state index in [0.717, 1.165) is 17.1 Å². The van der Waals surface area contributed by atoms with Crippen LogP contribution in [0, 0.1) is 0 Å². The van der Waals surface area contributed by atoms with E-state index in [1.54, 1.807) is 12.1 Å². The van der Waals surface area contributed by atoms with Gasteiger partial charge in [-0.2, -0.15) is 8.42 Å². The normalized spacial score (nSPS) is 13.0. The molecular formula is C22H19N2NaO8S2. The minimum atomic E-state index is -4.89. The van der Waals surface area contributed by atoms with Crippen LogP contribution in [0.1, 0.15) is 31.8 Å². The van der Waals surface area contributed by atoms with Crippen LogP contribution in [-0.4, -0.2) is 80.0 Å². The Morgan fingerprint density at radius 2 is 1.37 bits per heavy atom. The van der Waals surface area contributed by atoms with Crippen LogP contribution >= 0.6 is 0 Å². The molecule has 0 aliphatic heterocycles. The van der Waals surface area contributed by atoms with Crippen LogP contribution in [0.2, 0.25) is 0 Å². The first kappa shape index (κ1) is 27.2. The van der Waals surface area contributed by atoms with E-state index in [4.69, 9.17) is 10.9 Å². The number of fused-ring (bicyclic) bond motifs is 2. The molecule has 0 aromatic heterocycles. The second kappa shape index (κ2) is 9.91. The molecule has 0 amide bonds. The number of hydrogen-bond donors (Lipinski definition) is 3. The van der Waals surface area contributed by atoms with Crippen LogP contribution in [0.5, 0.6) is 0 Å². The molecule has 0 fully saturated rings. The van der Waals surface area contributed by atoms with Crippen molar-refractivity contribution < 1.29 is 36.1 Å². The number of hydrazine groups is 1. The van der Waals surface area contributed by atoms with Gasteiger partial charge in [0.25, 0.3) is 10.1 Å². The molecule has 0 spiro atoms. The molecule has 10 nitrogen and oxygen atoms in total. The molecular weight excluding hydrogens is 507 g/mol. The molecule has 0 saturated heterocycles. The maximum absolute atomic E-state index is 13.3. The number of carbonyl (C=O) groups excluding carboxylic acids is 2. The third-order valence-corrected chi connectivity index (χ3v) is 7.98. The average molecular weight is 527 g/mol. The summed E-state index contributed by atoms with van der Waals surface area (Å²) in [6, 6.07) is 13.1. The Kier molecular flexibility index (Phi) is 7.70. The summed E-state index contributed by atoms with van der Waals surface area (Å²) in [6.07, 6.45) is 0. The molecule has 0 unspecified atom stereocenters. The molecule has 0 saturated carbocycles. The molecule has 0 bridgehead atoms. The maximum atomic E-state index is 13.3. The fraction of sp³-hybridized carbons (Fsp3) is 0.0909. The molecule has 4 rings (SSSR count). The number of sulfone groups is 1. The van der Waals surface area contributed by atoms with E-state index in [9.17, 15) is 31.0 Å². The van der Waals surface area contributed by atoms with E-state index in [-0.39, 0.29) is 62.4 Å². The van der Waals surface area contributed by atoms with E-state index in [1.807, 2.05) is 0 Å². The zero-order valence-electron chi connectivity index (χ0n) is 17.4. The third kappa shape index (κ3) is 4.84. The van der Waals surface area contributed by atoms with Crippen molar-refractivity contribution in [3.05, 3.63) is 82.9 Å². The van der Waals surface area contributed by atoms with Crippen molar-refractivity contribution in [3.63, 3.8) is 0 Å². The molecule has 3 aromatic rings. The molecule has 4 N–H and O–H groups in total. The SMILES string of the molecule is NN(c1ccc(S(=O)(=O)CCO)cc1)c1c(S(=O)(=O)O)ccc2c1C(=O)c1ccccc1C2=O.[NaH]. The Morgan fingerprint density at radius 1 is 0.800 bits per heavy atom. The second-order valence-electron chi connectivity index (χ2n) is 7.42. The predicted octanol–water partition coefficient (Wildman–Crippen LogP) is 0.838. The topological polar surface area (TPSA) is 172 Å². The van der Waals surface area contributed by atoms with Gasteiger partial charge in [-0.25, -0.2) is 14.3 Å². The fourth-order valence-corrected chi connectivity index (χ4v) is 5.49. The van der Waals surface area contributed by atoms with Crippen LogP contribution in [0.3, 0.4) is 0 Å². The first-order valence-corrected chi connectivity index (χ1v) is 12.9. The standard InChI is InChI=1S/C22H18N2O8S2.Na.H/c23-24(13-5-7-14(8-6-13)33(28,29)12-11-25)20-18(34(30,31)32)10-9-17-19(20)22(27)16-4-2-1-3-15(16)21(17)26;;/h1-10,25H,11-12,23H2,(H,30,31,32);;. The molecule has 0 heterocycles. The summed E-state index contributed by atoms with van der Waals surface area (Å²) < 4.78 is 58.4. The van der Waals surface area contributed by atoms with Gasteiger partial charge in [-0.15, -0.1) is 0 Å². The molecule has 13 heteroatoms. The van der Waals surface area contributed by atoms with Crippen molar-refractivity contribution in [2.75, 3.05) is 17.4 Å². The van der Waals surface area contributed by atoms with Crippen molar-refractivity contribution >= 4 is 72.5 Å². The number of carbonyl (C=O) groups is 2. The molecule has 1 aliphatic carbocycles. The number of anilines is 2. The van der Waals surface area contributed by atoms with Crippen molar-refractivity contribution in [1.82, 2.24) is 0 Å². The molecule has 0 atom stereocenters. The Bertz CT molecular complexity index is 1550. The van der Waals surface area contributed by atoms with Gasteiger partial charge >= 0.3 is 29.6 Å². The molecule has 1 aliphatic rings. The van der Waals surface area contributed by atoms with Crippen molar-refractivity contribution in [2.24, 2.45) is 5.84 Å². The van der Waals surface area contributed by atoms with E-state index < -0.39 is 54.5 Å². The summed E-state index contributed by atoms with van der Waals surface area (Å²) >= 11 is 0. The van der Waals surface area contributed by atoms with Gasteiger partial charge in [0.15, 0.2) is 21.4 Å². The van der Waals surface area contributed by atoms with Crippen LogP contribution in [-0.2, 0) is 20.0 Å². The Morgan fingerprint density at radius 3 is 1.91 bits per heavy atom.